The minimum absolute atomic E-state index is 0.159. The Balaban J connectivity index is 2.05. The molecule has 8 nitrogen and oxygen atoms in total. The number of esters is 1. The Bertz CT molecular complexity index is 433. The van der Waals surface area contributed by atoms with Crippen LogP contribution in [0.1, 0.15) is 32.6 Å². The average Bonchev–Trinajstić information content (AvgIpc) is 2.56. The molecule has 2 N–H and O–H groups in total. The van der Waals surface area contributed by atoms with Gasteiger partial charge < -0.3 is 29.5 Å². The van der Waals surface area contributed by atoms with Crippen LogP contribution in [0.15, 0.2) is 0 Å². The number of nitrogens with one attached hydrogen (secondary N) is 1. The van der Waals surface area contributed by atoms with Crippen LogP contribution in [0, 0.1) is 0 Å². The Hall–Kier alpha value is -1.38. The molecule has 2 aliphatic heterocycles. The predicted molar refractivity (Wildman–Crippen MR) is 85.5 cm³/mol. The maximum Gasteiger partial charge on any atom is 0.317 e. The third kappa shape index (κ3) is 5.06. The monoisotopic (exact) mass is 344 g/mol. The van der Waals surface area contributed by atoms with Crippen molar-refractivity contribution in [2.24, 2.45) is 0 Å². The average molecular weight is 344 g/mol. The van der Waals surface area contributed by atoms with Gasteiger partial charge in [-0.1, -0.05) is 6.92 Å². The lowest BCUT2D eigenvalue weighted by Gasteiger charge is -2.44. The summed E-state index contributed by atoms with van der Waals surface area (Å²) in [5.74, 6) is -0.307. The highest BCUT2D eigenvalue weighted by Gasteiger charge is 2.40. The first kappa shape index (κ1) is 19.0. The van der Waals surface area contributed by atoms with Crippen molar-refractivity contribution in [3.8, 4) is 0 Å². The van der Waals surface area contributed by atoms with Gasteiger partial charge in [-0.3, -0.25) is 4.79 Å². The van der Waals surface area contributed by atoms with E-state index in [9.17, 15) is 14.7 Å². The van der Waals surface area contributed by atoms with Crippen molar-refractivity contribution in [2.45, 2.75) is 57.0 Å². The standard InChI is InChI=1S/C16H28N2O6/c1-3-6-17-16(21)18-8-11(19)9-23-10-14-13(18)5-4-12(24-14)7-15(20)22-2/h11-14,19H,3-10H2,1-2H3,(H,17,21)/t11-,12+,13-,14+/m0/s1. The number of carbonyl (C=O) groups is 2. The van der Waals surface area contributed by atoms with E-state index < -0.39 is 6.10 Å². The Morgan fingerprint density at radius 2 is 2.12 bits per heavy atom. The van der Waals surface area contributed by atoms with Crippen LogP contribution in [0.4, 0.5) is 4.79 Å². The molecule has 0 aromatic carbocycles. The van der Waals surface area contributed by atoms with E-state index in [-0.39, 0.29) is 56.4 Å². The summed E-state index contributed by atoms with van der Waals surface area (Å²) < 4.78 is 16.2. The number of urea groups is 1. The summed E-state index contributed by atoms with van der Waals surface area (Å²) >= 11 is 0. The molecular formula is C16H28N2O6. The van der Waals surface area contributed by atoms with Crippen molar-refractivity contribution < 1.29 is 28.9 Å². The molecule has 2 aliphatic rings. The fourth-order valence-electron chi connectivity index (χ4n) is 3.18. The molecule has 24 heavy (non-hydrogen) atoms. The summed E-state index contributed by atoms with van der Waals surface area (Å²) in [6.07, 6.45) is 1.14. The molecule has 0 aliphatic carbocycles. The second-order valence-corrected chi connectivity index (χ2v) is 6.30. The Morgan fingerprint density at radius 1 is 1.33 bits per heavy atom. The third-order valence-electron chi connectivity index (χ3n) is 4.39. The predicted octanol–water partition coefficient (Wildman–Crippen LogP) is 0.278. The first-order valence-electron chi connectivity index (χ1n) is 8.57. The molecule has 2 saturated heterocycles. The van der Waals surface area contributed by atoms with Crippen LogP contribution in [0.25, 0.3) is 0 Å². The minimum atomic E-state index is -0.717. The highest BCUT2D eigenvalue weighted by molar-refractivity contribution is 5.74. The van der Waals surface area contributed by atoms with Gasteiger partial charge in [0.05, 0.1) is 51.5 Å². The molecule has 0 aromatic rings. The number of amides is 2. The van der Waals surface area contributed by atoms with Crippen LogP contribution in [0.2, 0.25) is 0 Å². The highest BCUT2D eigenvalue weighted by Crippen LogP contribution is 2.27. The summed E-state index contributed by atoms with van der Waals surface area (Å²) in [4.78, 5) is 25.6. The van der Waals surface area contributed by atoms with E-state index in [4.69, 9.17) is 14.2 Å². The normalized spacial score (nSPS) is 30.7. The Morgan fingerprint density at radius 3 is 2.83 bits per heavy atom. The van der Waals surface area contributed by atoms with E-state index in [0.29, 0.717) is 19.4 Å². The number of hydrogen-bond donors (Lipinski definition) is 2. The molecule has 4 atom stereocenters. The van der Waals surface area contributed by atoms with Gasteiger partial charge in [0.2, 0.25) is 0 Å². The SMILES string of the molecule is CCCNC(=O)N1C[C@H](O)COC[C@H]2O[C@@H](CC(=O)OC)CC[C@@H]21. The fourth-order valence-corrected chi connectivity index (χ4v) is 3.18. The van der Waals surface area contributed by atoms with Gasteiger partial charge in [-0.2, -0.15) is 0 Å². The van der Waals surface area contributed by atoms with Crippen LogP contribution < -0.4 is 5.32 Å². The lowest BCUT2D eigenvalue weighted by Crippen LogP contribution is -2.59. The zero-order chi connectivity index (χ0) is 17.5. The fraction of sp³-hybridized carbons (Fsp3) is 0.875. The summed E-state index contributed by atoms with van der Waals surface area (Å²) in [5.41, 5.74) is 0. The molecule has 2 rings (SSSR count). The van der Waals surface area contributed by atoms with E-state index in [1.807, 2.05) is 6.92 Å². The first-order chi connectivity index (χ1) is 11.5. The second kappa shape index (κ2) is 9.19. The van der Waals surface area contributed by atoms with Gasteiger partial charge in [-0.05, 0) is 19.3 Å². The maximum absolute atomic E-state index is 12.5. The van der Waals surface area contributed by atoms with Crippen LogP contribution in [-0.2, 0) is 19.0 Å². The quantitative estimate of drug-likeness (QED) is 0.711. The molecule has 0 radical (unpaired) electrons. The van der Waals surface area contributed by atoms with Crippen LogP contribution >= 0.6 is 0 Å². The lowest BCUT2D eigenvalue weighted by molar-refractivity contribution is -0.159. The summed E-state index contributed by atoms with van der Waals surface area (Å²) in [7, 11) is 1.36. The Labute approximate surface area is 142 Å². The van der Waals surface area contributed by atoms with Gasteiger partial charge >= 0.3 is 12.0 Å². The number of hydrogen-bond acceptors (Lipinski definition) is 6. The Kier molecular flexibility index (Phi) is 7.26. The van der Waals surface area contributed by atoms with Gasteiger partial charge in [-0.25, -0.2) is 4.79 Å². The van der Waals surface area contributed by atoms with Crippen molar-refractivity contribution >= 4 is 12.0 Å². The summed E-state index contributed by atoms with van der Waals surface area (Å²) in [5, 5.41) is 12.9. The van der Waals surface area contributed by atoms with Crippen molar-refractivity contribution in [1.82, 2.24) is 10.2 Å². The van der Waals surface area contributed by atoms with Crippen LogP contribution in [-0.4, -0.2) is 79.8 Å². The first-order valence-corrected chi connectivity index (χ1v) is 8.57. The number of rotatable bonds is 4. The number of carbonyl (C=O) groups excluding carboxylic acids is 2. The van der Waals surface area contributed by atoms with Gasteiger partial charge in [0.15, 0.2) is 0 Å². The van der Waals surface area contributed by atoms with Gasteiger partial charge in [-0.15, -0.1) is 0 Å². The van der Waals surface area contributed by atoms with Crippen molar-refractivity contribution in [2.75, 3.05) is 33.4 Å². The molecule has 138 valence electrons. The number of methoxy groups -OCH3 is 1. The second-order valence-electron chi connectivity index (χ2n) is 6.30. The van der Waals surface area contributed by atoms with E-state index in [0.717, 1.165) is 6.42 Å². The summed E-state index contributed by atoms with van der Waals surface area (Å²) in [6.45, 7) is 3.23. The molecule has 0 spiro atoms. The lowest BCUT2D eigenvalue weighted by atomic mass is 9.95. The van der Waals surface area contributed by atoms with E-state index in [1.165, 1.54) is 7.11 Å². The molecular weight excluding hydrogens is 316 g/mol. The van der Waals surface area contributed by atoms with E-state index in [1.54, 1.807) is 4.90 Å². The van der Waals surface area contributed by atoms with Crippen molar-refractivity contribution in [3.05, 3.63) is 0 Å². The molecule has 0 bridgehead atoms. The molecule has 0 aromatic heterocycles. The number of ether oxygens (including phenoxy) is 3. The number of fused-ring (bicyclic) bond motifs is 1. The van der Waals surface area contributed by atoms with Crippen LogP contribution in [0.5, 0.6) is 0 Å². The summed E-state index contributed by atoms with van der Waals surface area (Å²) in [6, 6.07) is -0.367. The van der Waals surface area contributed by atoms with E-state index in [2.05, 4.69) is 5.32 Å². The smallest absolute Gasteiger partial charge is 0.317 e. The number of β-amino-alcohol motifs (C(OH)–C–C–N with tert-alkyl or cyclic N) is 1. The van der Waals surface area contributed by atoms with Crippen LogP contribution in [0.3, 0.4) is 0 Å². The third-order valence-corrected chi connectivity index (χ3v) is 4.39. The molecule has 0 saturated carbocycles. The number of aliphatic hydroxyl groups excluding tert-OH is 1. The minimum Gasteiger partial charge on any atom is -0.469 e. The molecule has 2 heterocycles. The van der Waals surface area contributed by atoms with E-state index >= 15 is 0 Å². The number of aliphatic hydroxyl groups is 1. The number of nitrogens with zero attached hydrogens (tertiary/aromatic N) is 1. The molecule has 0 unspecified atom stereocenters. The van der Waals surface area contributed by atoms with Crippen molar-refractivity contribution in [1.29, 1.82) is 0 Å². The zero-order valence-electron chi connectivity index (χ0n) is 14.4. The topological polar surface area (TPSA) is 97.3 Å². The van der Waals surface area contributed by atoms with Gasteiger partial charge in [0.1, 0.15) is 6.10 Å². The highest BCUT2D eigenvalue weighted by atomic mass is 16.6. The maximum atomic E-state index is 12.5. The largest absolute Gasteiger partial charge is 0.469 e. The molecule has 8 heteroatoms. The van der Waals surface area contributed by atoms with Gasteiger partial charge in [0, 0.05) is 6.54 Å². The van der Waals surface area contributed by atoms with Crippen molar-refractivity contribution in [3.63, 3.8) is 0 Å². The molecule has 2 fully saturated rings. The van der Waals surface area contributed by atoms with Gasteiger partial charge in [0.25, 0.3) is 0 Å². The molecule has 2 amide bonds. The zero-order valence-corrected chi connectivity index (χ0v) is 14.4.